The lowest BCUT2D eigenvalue weighted by Gasteiger charge is -2.41. The first-order chi connectivity index (χ1) is 21.2. The van der Waals surface area contributed by atoms with Crippen molar-refractivity contribution in [3.05, 3.63) is 91.5 Å². The molecule has 7 nitrogen and oxygen atoms in total. The molecule has 1 spiro atoms. The molecule has 44 heavy (non-hydrogen) atoms. The molecule has 2 aromatic carbocycles. The number of para-hydroxylation sites is 1. The summed E-state index contributed by atoms with van der Waals surface area (Å²) in [7, 11) is 0. The van der Waals surface area contributed by atoms with Gasteiger partial charge < -0.3 is 19.8 Å². The first kappa shape index (κ1) is 32.0. The van der Waals surface area contributed by atoms with Gasteiger partial charge >= 0.3 is 0 Å². The van der Waals surface area contributed by atoms with Crippen LogP contribution in [0, 0.1) is 11.8 Å². The van der Waals surface area contributed by atoms with Gasteiger partial charge in [-0.3, -0.25) is 14.4 Å². The van der Waals surface area contributed by atoms with Crippen molar-refractivity contribution in [3.8, 4) is 0 Å². The SMILES string of the molecule is C=CCN(C(=O)[C@H]1[C@H]2C(=O)N([C@H](CO)c3ccccc3)C(C(=O)N(CC=C)C(C)CCC)C23CC[C@]1(C)S3)c1ccccc1. The summed E-state index contributed by atoms with van der Waals surface area (Å²) in [5.74, 6) is -1.82. The summed E-state index contributed by atoms with van der Waals surface area (Å²) in [6, 6.07) is 17.3. The van der Waals surface area contributed by atoms with E-state index in [2.05, 4.69) is 27.0 Å². The lowest BCUT2D eigenvalue weighted by Crippen LogP contribution is -2.57. The van der Waals surface area contributed by atoms with Crippen molar-refractivity contribution >= 4 is 35.2 Å². The predicted molar refractivity (Wildman–Crippen MR) is 177 cm³/mol. The van der Waals surface area contributed by atoms with E-state index in [1.807, 2.05) is 72.5 Å². The highest BCUT2D eigenvalue weighted by Gasteiger charge is 2.78. The van der Waals surface area contributed by atoms with Crippen molar-refractivity contribution in [2.45, 2.75) is 74.1 Å². The smallest absolute Gasteiger partial charge is 0.247 e. The molecule has 5 rings (SSSR count). The van der Waals surface area contributed by atoms with Gasteiger partial charge in [0, 0.05) is 29.6 Å². The van der Waals surface area contributed by atoms with Gasteiger partial charge in [-0.15, -0.1) is 24.9 Å². The first-order valence-corrected chi connectivity index (χ1v) is 16.6. The second-order valence-electron chi connectivity index (χ2n) is 12.6. The number of aliphatic hydroxyl groups excluding tert-OH is 1. The number of benzene rings is 2. The Morgan fingerprint density at radius 1 is 1.05 bits per heavy atom. The van der Waals surface area contributed by atoms with Crippen LogP contribution >= 0.6 is 11.8 Å². The number of rotatable bonds is 13. The van der Waals surface area contributed by atoms with Crippen LogP contribution in [0.15, 0.2) is 86.0 Å². The number of likely N-dealkylation sites (tertiary alicyclic amines) is 1. The van der Waals surface area contributed by atoms with Crippen LogP contribution in [0.3, 0.4) is 0 Å². The highest BCUT2D eigenvalue weighted by molar-refractivity contribution is 8.02. The number of carbonyl (C=O) groups is 3. The van der Waals surface area contributed by atoms with Crippen molar-refractivity contribution in [1.82, 2.24) is 9.80 Å². The Hall–Kier alpha value is -3.36. The van der Waals surface area contributed by atoms with Crippen molar-refractivity contribution in [2.24, 2.45) is 11.8 Å². The molecule has 8 heteroatoms. The molecule has 234 valence electrons. The van der Waals surface area contributed by atoms with Crippen LogP contribution in [-0.2, 0) is 14.4 Å². The Bertz CT molecular complexity index is 1390. The minimum absolute atomic E-state index is 0.0556. The lowest BCUT2D eigenvalue weighted by atomic mass is 9.66. The average molecular weight is 616 g/mol. The molecule has 3 amide bonds. The van der Waals surface area contributed by atoms with Gasteiger partial charge in [-0.1, -0.05) is 74.0 Å². The fourth-order valence-electron chi connectivity index (χ4n) is 7.97. The summed E-state index contributed by atoms with van der Waals surface area (Å²) in [6.07, 6.45) is 6.53. The summed E-state index contributed by atoms with van der Waals surface area (Å²) >= 11 is 1.66. The van der Waals surface area contributed by atoms with Crippen LogP contribution in [0.4, 0.5) is 5.69 Å². The molecule has 0 aliphatic carbocycles. The number of hydrogen-bond acceptors (Lipinski definition) is 5. The minimum Gasteiger partial charge on any atom is -0.394 e. The van der Waals surface area contributed by atoms with Crippen molar-refractivity contribution < 1.29 is 19.5 Å². The zero-order valence-electron chi connectivity index (χ0n) is 26.1. The van der Waals surface area contributed by atoms with Gasteiger partial charge in [0.25, 0.3) is 0 Å². The fraction of sp³-hybridized carbons (Fsp3) is 0.472. The number of nitrogens with zero attached hydrogens (tertiary/aromatic N) is 3. The zero-order valence-corrected chi connectivity index (χ0v) is 26.9. The maximum Gasteiger partial charge on any atom is 0.247 e. The molecule has 0 saturated carbocycles. The molecule has 3 aliphatic rings. The third-order valence-electron chi connectivity index (χ3n) is 9.90. The predicted octanol–water partition coefficient (Wildman–Crippen LogP) is 5.62. The summed E-state index contributed by atoms with van der Waals surface area (Å²) in [4.78, 5) is 49.7. The van der Waals surface area contributed by atoms with Crippen LogP contribution in [-0.4, -0.2) is 73.9 Å². The Kier molecular flexibility index (Phi) is 9.42. The van der Waals surface area contributed by atoms with E-state index in [-0.39, 0.29) is 30.4 Å². The fourth-order valence-corrected chi connectivity index (χ4v) is 10.3. The second kappa shape index (κ2) is 12.9. The van der Waals surface area contributed by atoms with Gasteiger partial charge in [-0.2, -0.15) is 0 Å². The Morgan fingerprint density at radius 3 is 2.27 bits per heavy atom. The minimum atomic E-state index is -0.828. The maximum atomic E-state index is 14.9. The number of aliphatic hydroxyl groups is 1. The molecule has 7 atom stereocenters. The summed E-state index contributed by atoms with van der Waals surface area (Å²) in [6.45, 7) is 14.4. The molecule has 2 bridgehead atoms. The van der Waals surface area contributed by atoms with Crippen LogP contribution in [0.25, 0.3) is 0 Å². The van der Waals surface area contributed by atoms with Crippen LogP contribution in [0.1, 0.15) is 58.1 Å². The maximum absolute atomic E-state index is 14.9. The molecule has 3 heterocycles. The third kappa shape index (κ3) is 5.20. The highest BCUT2D eigenvalue weighted by atomic mass is 32.2. The molecular weight excluding hydrogens is 570 g/mol. The van der Waals surface area contributed by atoms with Gasteiger partial charge in [0.15, 0.2) is 0 Å². The number of thioether (sulfide) groups is 1. The van der Waals surface area contributed by atoms with Crippen LogP contribution < -0.4 is 4.90 Å². The van der Waals surface area contributed by atoms with E-state index in [0.29, 0.717) is 25.9 Å². The number of carbonyl (C=O) groups excluding carboxylic acids is 3. The van der Waals surface area contributed by atoms with Crippen LogP contribution in [0.5, 0.6) is 0 Å². The number of amides is 3. The molecule has 1 N–H and O–H groups in total. The van der Waals surface area contributed by atoms with Crippen molar-refractivity contribution in [2.75, 3.05) is 24.6 Å². The van der Waals surface area contributed by atoms with Gasteiger partial charge in [-0.05, 0) is 50.8 Å². The van der Waals surface area contributed by atoms with E-state index in [1.54, 1.807) is 33.7 Å². The zero-order chi connectivity index (χ0) is 31.6. The first-order valence-electron chi connectivity index (χ1n) is 15.8. The van der Waals surface area contributed by atoms with E-state index in [1.165, 1.54) is 0 Å². The molecule has 3 unspecified atom stereocenters. The van der Waals surface area contributed by atoms with Crippen molar-refractivity contribution in [3.63, 3.8) is 0 Å². The van der Waals surface area contributed by atoms with Crippen molar-refractivity contribution in [1.29, 1.82) is 0 Å². The topological polar surface area (TPSA) is 81.2 Å². The van der Waals surface area contributed by atoms with E-state index in [9.17, 15) is 19.5 Å². The Labute approximate surface area is 266 Å². The quantitative estimate of drug-likeness (QED) is 0.296. The highest BCUT2D eigenvalue weighted by Crippen LogP contribution is 2.72. The van der Waals surface area contributed by atoms with Gasteiger partial charge in [0.05, 0.1) is 29.2 Å². The van der Waals surface area contributed by atoms with E-state index in [0.717, 1.165) is 24.1 Å². The normalized spacial score (nSPS) is 28.3. The lowest BCUT2D eigenvalue weighted by molar-refractivity contribution is -0.147. The van der Waals surface area contributed by atoms with E-state index >= 15 is 0 Å². The number of anilines is 1. The van der Waals surface area contributed by atoms with Crippen LogP contribution in [0.2, 0.25) is 0 Å². The van der Waals surface area contributed by atoms with Gasteiger partial charge in [0.1, 0.15) is 6.04 Å². The molecule has 2 aromatic rings. The summed E-state index contributed by atoms with van der Waals surface area (Å²) < 4.78 is -1.32. The largest absolute Gasteiger partial charge is 0.394 e. The summed E-state index contributed by atoms with van der Waals surface area (Å²) in [5, 5.41) is 10.8. The van der Waals surface area contributed by atoms with E-state index < -0.39 is 33.4 Å². The third-order valence-corrected chi connectivity index (χ3v) is 11.9. The number of fused-ring (bicyclic) bond motifs is 1. The molecule has 3 fully saturated rings. The van der Waals surface area contributed by atoms with Gasteiger partial charge in [0.2, 0.25) is 17.7 Å². The molecule has 0 aromatic heterocycles. The molecular formula is C36H45N3O4S. The van der Waals surface area contributed by atoms with Gasteiger partial charge in [-0.25, -0.2) is 0 Å². The molecule has 3 aliphatic heterocycles. The number of hydrogen-bond donors (Lipinski definition) is 1. The molecule has 3 saturated heterocycles. The van der Waals surface area contributed by atoms with E-state index in [4.69, 9.17) is 0 Å². The Balaban J connectivity index is 1.65. The monoisotopic (exact) mass is 615 g/mol. The summed E-state index contributed by atoms with van der Waals surface area (Å²) in [5.41, 5.74) is 1.52. The Morgan fingerprint density at radius 2 is 1.68 bits per heavy atom. The average Bonchev–Trinajstić information content (AvgIpc) is 3.60. The second-order valence-corrected chi connectivity index (χ2v) is 14.5. The standard InChI is InChI=1S/C36H45N3O4S/c1-6-15-25(4)37(22-7-2)34(43)31-36-21-20-35(5,44-36)29(32(41)38(23-8-3)27-18-13-10-14-19-27)30(36)33(42)39(31)28(24-40)26-16-11-9-12-17-26/h7-14,16-19,25,28-31,40H,2-3,6,15,20-24H2,1,4-5H3/t25?,28-,29-,30+,31?,35+,36?/m1/s1. The molecule has 0 radical (unpaired) electrons.